The maximum absolute atomic E-state index is 4.07. The molecule has 9 heavy (non-hydrogen) atoms. The molecule has 1 rings (SSSR count). The van der Waals surface area contributed by atoms with Gasteiger partial charge in [-0.15, -0.1) is 0 Å². The summed E-state index contributed by atoms with van der Waals surface area (Å²) in [5, 5.41) is 0. The molecular formula is C7H8BrN. The fourth-order valence-corrected chi connectivity index (χ4v) is 0.876. The lowest BCUT2D eigenvalue weighted by molar-refractivity contribution is 1.29. The molecule has 0 aromatic heterocycles. The fraction of sp³-hybridized carbons (Fsp3) is 0.286. The first-order chi connectivity index (χ1) is 4.29. The second kappa shape index (κ2) is 2.97. The van der Waals surface area contributed by atoms with Crippen LogP contribution in [-0.4, -0.2) is 6.21 Å². The van der Waals surface area contributed by atoms with Crippen molar-refractivity contribution in [3.05, 3.63) is 22.3 Å². The Hall–Kier alpha value is -0.370. The van der Waals surface area contributed by atoms with E-state index in [2.05, 4.69) is 33.9 Å². The largest absolute Gasteiger partial charge is 0.253 e. The molecule has 1 heterocycles. The summed E-state index contributed by atoms with van der Waals surface area (Å²) in [7, 11) is 0. The summed E-state index contributed by atoms with van der Waals surface area (Å²) < 4.78 is 0.902. The Balaban J connectivity index is 2.80. The second-order valence-corrected chi connectivity index (χ2v) is 2.83. The van der Waals surface area contributed by atoms with E-state index in [1.165, 1.54) is 5.57 Å². The van der Waals surface area contributed by atoms with Crippen LogP contribution in [0.25, 0.3) is 0 Å². The molecule has 0 aromatic carbocycles. The lowest BCUT2D eigenvalue weighted by Crippen LogP contribution is -1.73. The van der Waals surface area contributed by atoms with Gasteiger partial charge in [-0.2, -0.15) is 0 Å². The average Bonchev–Trinajstić information content (AvgIpc) is 1.97. The minimum absolute atomic E-state index is 0.902. The minimum atomic E-state index is 0.902. The fourth-order valence-electron chi connectivity index (χ4n) is 0.599. The van der Waals surface area contributed by atoms with Crippen LogP contribution < -0.4 is 0 Å². The van der Waals surface area contributed by atoms with Crippen molar-refractivity contribution in [2.45, 2.75) is 13.3 Å². The molecule has 0 radical (unpaired) electrons. The molecule has 0 spiro atoms. The van der Waals surface area contributed by atoms with Crippen LogP contribution in [0.3, 0.4) is 0 Å². The van der Waals surface area contributed by atoms with Crippen LogP contribution in [0.1, 0.15) is 13.3 Å². The van der Waals surface area contributed by atoms with E-state index in [-0.39, 0.29) is 0 Å². The van der Waals surface area contributed by atoms with Gasteiger partial charge in [0, 0.05) is 12.6 Å². The third kappa shape index (κ3) is 2.14. The zero-order valence-corrected chi connectivity index (χ0v) is 6.85. The van der Waals surface area contributed by atoms with Gasteiger partial charge in [0.05, 0.1) is 0 Å². The van der Waals surface area contributed by atoms with Crippen LogP contribution in [0.5, 0.6) is 0 Å². The van der Waals surface area contributed by atoms with E-state index in [0.29, 0.717) is 0 Å². The summed E-state index contributed by atoms with van der Waals surface area (Å²) in [4.78, 5) is 4.07. The van der Waals surface area contributed by atoms with Crippen LogP contribution >= 0.6 is 15.9 Å². The van der Waals surface area contributed by atoms with Crippen LogP contribution in [0.2, 0.25) is 0 Å². The van der Waals surface area contributed by atoms with E-state index in [1.807, 2.05) is 12.3 Å². The third-order valence-electron chi connectivity index (χ3n) is 1.13. The molecule has 1 nitrogen and oxygen atoms in total. The lowest BCUT2D eigenvalue weighted by Gasteiger charge is -1.85. The highest BCUT2D eigenvalue weighted by Crippen LogP contribution is 2.11. The molecular weight excluding hydrogens is 178 g/mol. The number of rotatable bonds is 0. The van der Waals surface area contributed by atoms with Gasteiger partial charge in [0.1, 0.15) is 4.61 Å². The van der Waals surface area contributed by atoms with Crippen molar-refractivity contribution >= 4 is 22.1 Å². The van der Waals surface area contributed by atoms with Gasteiger partial charge in [0.15, 0.2) is 0 Å². The first kappa shape index (κ1) is 6.75. The van der Waals surface area contributed by atoms with Crippen LogP contribution in [0.15, 0.2) is 27.3 Å². The summed E-state index contributed by atoms with van der Waals surface area (Å²) in [6, 6.07) is 0. The van der Waals surface area contributed by atoms with Crippen LogP contribution in [0.4, 0.5) is 0 Å². The lowest BCUT2D eigenvalue weighted by atomic mass is 10.2. The van der Waals surface area contributed by atoms with Gasteiger partial charge in [0.25, 0.3) is 0 Å². The monoisotopic (exact) mass is 185 g/mol. The van der Waals surface area contributed by atoms with Crippen molar-refractivity contribution in [1.82, 2.24) is 0 Å². The normalized spacial score (nSPS) is 18.4. The highest BCUT2D eigenvalue weighted by molar-refractivity contribution is 9.11. The molecule has 48 valence electrons. The zero-order valence-electron chi connectivity index (χ0n) is 5.26. The molecule has 0 amide bonds. The Morgan fingerprint density at radius 2 is 2.33 bits per heavy atom. The predicted molar refractivity (Wildman–Crippen MR) is 43.9 cm³/mol. The third-order valence-corrected chi connectivity index (χ3v) is 1.60. The van der Waals surface area contributed by atoms with Gasteiger partial charge in [-0.3, -0.25) is 4.99 Å². The van der Waals surface area contributed by atoms with E-state index in [4.69, 9.17) is 0 Å². The topological polar surface area (TPSA) is 12.4 Å². The van der Waals surface area contributed by atoms with E-state index < -0.39 is 0 Å². The second-order valence-electron chi connectivity index (χ2n) is 2.02. The average molecular weight is 186 g/mol. The Morgan fingerprint density at radius 1 is 1.56 bits per heavy atom. The quantitative estimate of drug-likeness (QED) is 0.515. The molecule has 0 unspecified atom stereocenters. The minimum Gasteiger partial charge on any atom is -0.253 e. The standard InChI is InChI=1S/C7H8BrN/c1-6-2-3-7(8)9-5-4-6/h2-3,5H,4H2,1H3. The Morgan fingerprint density at radius 3 is 3.11 bits per heavy atom. The Bertz CT molecular complexity index is 189. The first-order valence-electron chi connectivity index (χ1n) is 2.84. The molecule has 0 bridgehead atoms. The molecule has 0 aromatic rings. The van der Waals surface area contributed by atoms with E-state index in [1.54, 1.807) is 0 Å². The number of allylic oxidation sites excluding steroid dienone is 3. The predicted octanol–water partition coefficient (Wildman–Crippen LogP) is 2.64. The number of hydrogen-bond acceptors (Lipinski definition) is 1. The zero-order chi connectivity index (χ0) is 6.69. The molecule has 0 saturated carbocycles. The number of halogens is 1. The Kier molecular flexibility index (Phi) is 2.22. The molecule has 0 aliphatic carbocycles. The van der Waals surface area contributed by atoms with E-state index >= 15 is 0 Å². The number of hydrogen-bond donors (Lipinski definition) is 0. The smallest absolute Gasteiger partial charge is 0.105 e. The summed E-state index contributed by atoms with van der Waals surface area (Å²) >= 11 is 3.28. The number of aliphatic imine (C=N–C) groups is 1. The summed E-state index contributed by atoms with van der Waals surface area (Å²) in [5.74, 6) is 0. The van der Waals surface area contributed by atoms with Crippen molar-refractivity contribution in [1.29, 1.82) is 0 Å². The van der Waals surface area contributed by atoms with Crippen molar-refractivity contribution in [2.75, 3.05) is 0 Å². The molecule has 0 N–H and O–H groups in total. The summed E-state index contributed by atoms with van der Waals surface area (Å²) in [5.41, 5.74) is 1.34. The Labute approximate surface area is 63.3 Å². The molecule has 0 atom stereocenters. The van der Waals surface area contributed by atoms with Gasteiger partial charge >= 0.3 is 0 Å². The molecule has 0 fully saturated rings. The maximum atomic E-state index is 4.07. The number of nitrogens with zero attached hydrogens (tertiary/aromatic N) is 1. The van der Waals surface area contributed by atoms with Gasteiger partial charge in [-0.25, -0.2) is 0 Å². The highest BCUT2D eigenvalue weighted by atomic mass is 79.9. The van der Waals surface area contributed by atoms with Gasteiger partial charge in [0.2, 0.25) is 0 Å². The highest BCUT2D eigenvalue weighted by Gasteiger charge is 1.90. The summed E-state index contributed by atoms with van der Waals surface area (Å²) in [6.07, 6.45) is 6.89. The molecule has 1 aliphatic rings. The van der Waals surface area contributed by atoms with Crippen LogP contribution in [-0.2, 0) is 0 Å². The van der Waals surface area contributed by atoms with Crippen molar-refractivity contribution in [3.63, 3.8) is 0 Å². The van der Waals surface area contributed by atoms with E-state index in [9.17, 15) is 0 Å². The summed E-state index contributed by atoms with van der Waals surface area (Å²) in [6.45, 7) is 2.09. The molecule has 1 aliphatic heterocycles. The van der Waals surface area contributed by atoms with Gasteiger partial charge in [-0.05, 0) is 28.9 Å². The van der Waals surface area contributed by atoms with E-state index in [0.717, 1.165) is 11.0 Å². The first-order valence-corrected chi connectivity index (χ1v) is 3.64. The van der Waals surface area contributed by atoms with Crippen molar-refractivity contribution < 1.29 is 0 Å². The molecule has 2 heteroatoms. The SMILES string of the molecule is CC1=CC=C(Br)N=CC1. The van der Waals surface area contributed by atoms with Crippen molar-refractivity contribution in [2.24, 2.45) is 4.99 Å². The van der Waals surface area contributed by atoms with Crippen molar-refractivity contribution in [3.8, 4) is 0 Å². The van der Waals surface area contributed by atoms with Gasteiger partial charge < -0.3 is 0 Å². The van der Waals surface area contributed by atoms with Gasteiger partial charge in [-0.1, -0.05) is 11.6 Å². The maximum Gasteiger partial charge on any atom is 0.105 e. The molecule has 0 saturated heterocycles. The van der Waals surface area contributed by atoms with Crippen LogP contribution in [0, 0.1) is 0 Å².